The standard InChI is InChI=1S/C18H31N3O4/c1-2-25-18(23)21-7-3-16(4-8-21)19-9-11-20(12-10-19)17(22)15-5-13-24-14-6-15/h15-16H,2-14H2,1H3. The molecule has 0 aromatic rings. The van der Waals surface area contributed by atoms with E-state index in [1.165, 1.54) is 0 Å². The van der Waals surface area contributed by atoms with E-state index in [0.717, 1.165) is 78.2 Å². The molecule has 142 valence electrons. The zero-order valence-electron chi connectivity index (χ0n) is 15.3. The van der Waals surface area contributed by atoms with Gasteiger partial charge in [-0.25, -0.2) is 4.79 Å². The molecule has 3 aliphatic heterocycles. The number of carbonyl (C=O) groups is 2. The monoisotopic (exact) mass is 353 g/mol. The van der Waals surface area contributed by atoms with E-state index in [1.54, 1.807) is 0 Å². The summed E-state index contributed by atoms with van der Waals surface area (Å²) in [5.41, 5.74) is 0. The minimum atomic E-state index is -0.187. The van der Waals surface area contributed by atoms with Crippen LogP contribution in [0.15, 0.2) is 0 Å². The highest BCUT2D eigenvalue weighted by Gasteiger charge is 2.32. The van der Waals surface area contributed by atoms with E-state index >= 15 is 0 Å². The molecule has 3 rings (SSSR count). The minimum Gasteiger partial charge on any atom is -0.450 e. The molecule has 7 nitrogen and oxygen atoms in total. The van der Waals surface area contributed by atoms with Crippen LogP contribution in [0.5, 0.6) is 0 Å². The fourth-order valence-corrected chi connectivity index (χ4v) is 4.14. The maximum Gasteiger partial charge on any atom is 0.409 e. The molecule has 0 aromatic carbocycles. The van der Waals surface area contributed by atoms with Gasteiger partial charge in [-0.2, -0.15) is 0 Å². The smallest absolute Gasteiger partial charge is 0.409 e. The number of piperazine rings is 1. The van der Waals surface area contributed by atoms with Crippen LogP contribution in [0.25, 0.3) is 0 Å². The molecule has 0 aliphatic carbocycles. The predicted molar refractivity (Wildman–Crippen MR) is 93.3 cm³/mol. The summed E-state index contributed by atoms with van der Waals surface area (Å²) >= 11 is 0. The lowest BCUT2D eigenvalue weighted by molar-refractivity contribution is -0.140. The van der Waals surface area contributed by atoms with Crippen molar-refractivity contribution in [3.8, 4) is 0 Å². The van der Waals surface area contributed by atoms with Gasteiger partial charge < -0.3 is 19.3 Å². The summed E-state index contributed by atoms with van der Waals surface area (Å²) in [5, 5.41) is 0. The van der Waals surface area contributed by atoms with Crippen LogP contribution in [0, 0.1) is 5.92 Å². The van der Waals surface area contributed by atoms with Crippen molar-refractivity contribution in [1.82, 2.24) is 14.7 Å². The maximum atomic E-state index is 12.6. The Morgan fingerprint density at radius 3 is 2.16 bits per heavy atom. The number of likely N-dealkylation sites (tertiary alicyclic amines) is 1. The van der Waals surface area contributed by atoms with Gasteiger partial charge in [-0.3, -0.25) is 9.69 Å². The molecule has 3 saturated heterocycles. The Hall–Kier alpha value is -1.34. The van der Waals surface area contributed by atoms with E-state index in [0.29, 0.717) is 18.6 Å². The second kappa shape index (κ2) is 8.85. The summed E-state index contributed by atoms with van der Waals surface area (Å²) in [4.78, 5) is 30.7. The van der Waals surface area contributed by atoms with Crippen LogP contribution in [0.2, 0.25) is 0 Å². The van der Waals surface area contributed by atoms with E-state index in [4.69, 9.17) is 9.47 Å². The number of hydrogen-bond donors (Lipinski definition) is 0. The van der Waals surface area contributed by atoms with Gasteiger partial charge in [0.1, 0.15) is 0 Å². The molecular weight excluding hydrogens is 322 g/mol. The second-order valence-corrected chi connectivity index (χ2v) is 7.17. The summed E-state index contributed by atoms with van der Waals surface area (Å²) < 4.78 is 10.4. The van der Waals surface area contributed by atoms with E-state index in [-0.39, 0.29) is 12.0 Å². The Bertz CT molecular complexity index is 451. The van der Waals surface area contributed by atoms with Gasteiger partial charge in [0.2, 0.25) is 5.91 Å². The maximum absolute atomic E-state index is 12.6. The molecule has 0 atom stereocenters. The van der Waals surface area contributed by atoms with Crippen LogP contribution >= 0.6 is 0 Å². The third kappa shape index (κ3) is 4.64. The van der Waals surface area contributed by atoms with Crippen molar-refractivity contribution in [3.05, 3.63) is 0 Å². The Morgan fingerprint density at radius 2 is 1.56 bits per heavy atom. The highest BCUT2D eigenvalue weighted by molar-refractivity contribution is 5.79. The normalized spacial score (nSPS) is 24.4. The molecule has 3 heterocycles. The van der Waals surface area contributed by atoms with Gasteiger partial charge >= 0.3 is 6.09 Å². The molecule has 0 bridgehead atoms. The van der Waals surface area contributed by atoms with Crippen LogP contribution in [0.1, 0.15) is 32.6 Å². The molecular formula is C18H31N3O4. The fraction of sp³-hybridized carbons (Fsp3) is 0.889. The number of piperidine rings is 1. The lowest BCUT2D eigenvalue weighted by Crippen LogP contribution is -2.55. The van der Waals surface area contributed by atoms with Gasteiger partial charge in [-0.15, -0.1) is 0 Å². The summed E-state index contributed by atoms with van der Waals surface area (Å²) in [6.45, 7) is 8.79. The van der Waals surface area contributed by atoms with E-state index in [2.05, 4.69) is 4.90 Å². The summed E-state index contributed by atoms with van der Waals surface area (Å²) in [6.07, 6.45) is 3.53. The summed E-state index contributed by atoms with van der Waals surface area (Å²) in [7, 11) is 0. The van der Waals surface area contributed by atoms with Crippen molar-refractivity contribution in [1.29, 1.82) is 0 Å². The van der Waals surface area contributed by atoms with Gasteiger partial charge in [-0.05, 0) is 32.6 Å². The Kier molecular flexibility index (Phi) is 6.53. The molecule has 25 heavy (non-hydrogen) atoms. The molecule has 0 N–H and O–H groups in total. The first-order valence-electron chi connectivity index (χ1n) is 9.71. The zero-order valence-corrected chi connectivity index (χ0v) is 15.3. The average molecular weight is 353 g/mol. The predicted octanol–water partition coefficient (Wildman–Crippen LogP) is 1.18. The molecule has 0 unspecified atom stereocenters. The van der Waals surface area contributed by atoms with E-state index in [1.807, 2.05) is 16.7 Å². The molecule has 2 amide bonds. The topological polar surface area (TPSA) is 62.3 Å². The average Bonchev–Trinajstić information content (AvgIpc) is 2.68. The number of hydrogen-bond acceptors (Lipinski definition) is 5. The SMILES string of the molecule is CCOC(=O)N1CCC(N2CCN(C(=O)C3CCOCC3)CC2)CC1. The highest BCUT2D eigenvalue weighted by atomic mass is 16.6. The summed E-state index contributed by atoms with van der Waals surface area (Å²) in [6, 6.07) is 0.519. The van der Waals surface area contributed by atoms with Crippen molar-refractivity contribution >= 4 is 12.0 Å². The third-order valence-corrected chi connectivity index (χ3v) is 5.70. The highest BCUT2D eigenvalue weighted by Crippen LogP contribution is 2.22. The number of amides is 2. The lowest BCUT2D eigenvalue weighted by Gasteiger charge is -2.43. The quantitative estimate of drug-likeness (QED) is 0.762. The van der Waals surface area contributed by atoms with Crippen LogP contribution in [0.4, 0.5) is 4.79 Å². The molecule has 3 fully saturated rings. The van der Waals surface area contributed by atoms with Gasteiger partial charge in [-0.1, -0.05) is 0 Å². The van der Waals surface area contributed by atoms with Crippen LogP contribution in [0.3, 0.4) is 0 Å². The molecule has 0 aromatic heterocycles. The Labute approximate surface area is 150 Å². The summed E-state index contributed by atoms with van der Waals surface area (Å²) in [5.74, 6) is 0.480. The van der Waals surface area contributed by atoms with Crippen molar-refractivity contribution in [2.75, 3.05) is 59.1 Å². The first-order chi connectivity index (χ1) is 12.2. The van der Waals surface area contributed by atoms with Gasteiger partial charge in [0, 0.05) is 64.4 Å². The van der Waals surface area contributed by atoms with Crippen molar-refractivity contribution in [3.63, 3.8) is 0 Å². The molecule has 3 aliphatic rings. The van der Waals surface area contributed by atoms with Gasteiger partial charge in [0.25, 0.3) is 0 Å². The fourth-order valence-electron chi connectivity index (χ4n) is 4.14. The van der Waals surface area contributed by atoms with Crippen LogP contribution in [-0.2, 0) is 14.3 Å². The molecule has 0 radical (unpaired) electrons. The van der Waals surface area contributed by atoms with Crippen LogP contribution in [-0.4, -0.2) is 91.8 Å². The second-order valence-electron chi connectivity index (χ2n) is 7.17. The number of carbonyl (C=O) groups excluding carboxylic acids is 2. The Morgan fingerprint density at radius 1 is 0.920 bits per heavy atom. The van der Waals surface area contributed by atoms with E-state index < -0.39 is 0 Å². The van der Waals surface area contributed by atoms with Crippen molar-refractivity contribution in [2.24, 2.45) is 5.92 Å². The first kappa shape index (κ1) is 18.5. The van der Waals surface area contributed by atoms with Crippen molar-refractivity contribution < 1.29 is 19.1 Å². The van der Waals surface area contributed by atoms with Gasteiger partial charge in [0.15, 0.2) is 0 Å². The first-order valence-corrected chi connectivity index (χ1v) is 9.71. The van der Waals surface area contributed by atoms with E-state index in [9.17, 15) is 9.59 Å². The third-order valence-electron chi connectivity index (χ3n) is 5.70. The molecule has 0 spiro atoms. The lowest BCUT2D eigenvalue weighted by atomic mass is 9.98. The zero-order chi connectivity index (χ0) is 17.6. The van der Waals surface area contributed by atoms with Gasteiger partial charge in [0.05, 0.1) is 6.61 Å². The largest absolute Gasteiger partial charge is 0.450 e. The Balaban J connectivity index is 1.41. The molecule has 0 saturated carbocycles. The van der Waals surface area contributed by atoms with Crippen LogP contribution < -0.4 is 0 Å². The number of nitrogens with zero attached hydrogens (tertiary/aromatic N) is 3. The number of ether oxygens (including phenoxy) is 2. The number of rotatable bonds is 3. The van der Waals surface area contributed by atoms with Crippen molar-refractivity contribution in [2.45, 2.75) is 38.6 Å². The molecule has 7 heteroatoms. The minimum absolute atomic E-state index is 0.160.